The zero-order valence-corrected chi connectivity index (χ0v) is 51.8. The average molecular weight is 1110 g/mol. The van der Waals surface area contributed by atoms with Crippen LogP contribution in [0.3, 0.4) is 0 Å². The van der Waals surface area contributed by atoms with Crippen molar-refractivity contribution in [3.8, 4) is 33.4 Å². The first kappa shape index (κ1) is 64.4. The lowest BCUT2D eigenvalue weighted by Gasteiger charge is -2.27. The van der Waals surface area contributed by atoms with Gasteiger partial charge in [0.05, 0.1) is 0 Å². The van der Waals surface area contributed by atoms with Crippen LogP contribution in [0, 0.1) is 0 Å². The molecule has 0 aliphatic carbocycles. The van der Waals surface area contributed by atoms with Crippen LogP contribution in [0.1, 0.15) is 91.8 Å². The quantitative estimate of drug-likeness (QED) is 0.0890. The lowest BCUT2D eigenvalue weighted by molar-refractivity contribution is 0.869. The molecular weight excluding hydrogens is 1020 g/mol. The summed E-state index contributed by atoms with van der Waals surface area (Å²) < 4.78 is 0. The molecule has 0 aliphatic rings. The molecule has 0 amide bonds. The van der Waals surface area contributed by atoms with Crippen molar-refractivity contribution in [2.45, 2.75) is 75.2 Å². The van der Waals surface area contributed by atoms with E-state index in [1.807, 2.05) is 65.8 Å². The Morgan fingerprint density at radius 1 is 0.341 bits per heavy atom. The van der Waals surface area contributed by atoms with Crippen molar-refractivity contribution in [1.82, 2.24) is 0 Å². The third kappa shape index (κ3) is 17.9. The second-order valence-electron chi connectivity index (χ2n) is 19.8. The van der Waals surface area contributed by atoms with Gasteiger partial charge in [0, 0.05) is 34.1 Å². The Kier molecular flexibility index (Phi) is 26.2. The van der Waals surface area contributed by atoms with Crippen molar-refractivity contribution in [2.24, 2.45) is 0 Å². The second kappa shape index (κ2) is 34.6. The molecule has 2 nitrogen and oxygen atoms in total. The minimum Gasteiger partial charge on any atom is -0.311 e. The molecule has 10 aromatic carbocycles. The summed E-state index contributed by atoms with van der Waals surface area (Å²) >= 11 is 0. The van der Waals surface area contributed by atoms with Gasteiger partial charge in [-0.1, -0.05) is 291 Å². The first-order chi connectivity index (χ1) is 41.7. The first-order valence-corrected chi connectivity index (χ1v) is 30.0. The number of fused-ring (bicyclic) bond motifs is 1. The van der Waals surface area contributed by atoms with Crippen LogP contribution in [0.2, 0.25) is 0 Å². The SMILES string of the molecule is C=C/C=C(\C=C/C)c1ccc(N(c2ccc(C(/C=C\C)=C/C)cc2)c2ccc(-c3ccc(N(c4ccc(-c5ccccc5)cc4)c4ccc(-c5ccccc5)cc4)cc3)cc2)cc1.C=C/C=C\C.CC.CC.CC(C)c1ccc2ccccc2c1. The molecule has 0 aromatic heterocycles. The van der Waals surface area contributed by atoms with Gasteiger partial charge in [0.1, 0.15) is 0 Å². The number of allylic oxidation sites excluding steroid dienone is 12. The Balaban J connectivity index is 0.000000444. The van der Waals surface area contributed by atoms with E-state index in [4.69, 9.17) is 0 Å². The van der Waals surface area contributed by atoms with Crippen LogP contribution in [0.25, 0.3) is 55.3 Å². The van der Waals surface area contributed by atoms with Crippen molar-refractivity contribution < 1.29 is 0 Å². The van der Waals surface area contributed by atoms with Gasteiger partial charge in [-0.15, -0.1) is 0 Å². The van der Waals surface area contributed by atoms with Gasteiger partial charge < -0.3 is 9.80 Å². The standard InChI is InChI=1S/C61H52N2.C13H14.C5H8.2C2H6/c1-5-15-46(8-4)50-22-34-56(35-23-50)62(57-36-24-51(25-37-57)47(16-6-2)17-7-3)60-42-30-54(31-43-60)55-32-44-61(45-33-55)63(58-38-26-52(27-39-58)48-18-11-9-12-19-48)59-40-28-53(29-41-59)49-20-13-10-14-21-49;1-10(2)12-8-7-11-5-3-4-6-13(11)9-12;1-3-5-4-2;2*1-2/h5-45H,2H2,1,3-4H3;3-10H,1-2H3;3-5H,1H2,2H3;2*1-2H3/b15-5-,17-7-,46-8+,47-16+;;5-4-;;. The molecule has 0 atom stereocenters. The maximum Gasteiger partial charge on any atom is 0.0462 e. The van der Waals surface area contributed by atoms with Gasteiger partial charge in [0.15, 0.2) is 0 Å². The molecule has 0 unspecified atom stereocenters. The van der Waals surface area contributed by atoms with E-state index in [0.29, 0.717) is 5.92 Å². The molecule has 0 radical (unpaired) electrons. The normalized spacial score (nSPS) is 11.1. The maximum absolute atomic E-state index is 3.93. The van der Waals surface area contributed by atoms with Crippen molar-refractivity contribution >= 4 is 56.0 Å². The van der Waals surface area contributed by atoms with Crippen LogP contribution in [0.5, 0.6) is 0 Å². The molecule has 0 bridgehead atoms. The van der Waals surface area contributed by atoms with Gasteiger partial charge in [-0.2, -0.15) is 0 Å². The van der Waals surface area contributed by atoms with Crippen LogP contribution in [0.4, 0.5) is 34.1 Å². The molecule has 0 saturated heterocycles. The van der Waals surface area contributed by atoms with E-state index in [-0.39, 0.29) is 0 Å². The lowest BCUT2D eigenvalue weighted by atomic mass is 9.99. The third-order valence-electron chi connectivity index (χ3n) is 14.0. The molecule has 85 heavy (non-hydrogen) atoms. The summed E-state index contributed by atoms with van der Waals surface area (Å²) in [5.41, 5.74) is 19.7. The predicted octanol–water partition coefficient (Wildman–Crippen LogP) is 25.5. The highest BCUT2D eigenvalue weighted by atomic mass is 15.1. The third-order valence-corrected chi connectivity index (χ3v) is 14.0. The van der Waals surface area contributed by atoms with E-state index in [9.17, 15) is 0 Å². The monoisotopic (exact) mass is 1110 g/mol. The van der Waals surface area contributed by atoms with Gasteiger partial charge in [-0.25, -0.2) is 0 Å². The molecule has 2 heteroatoms. The number of anilines is 6. The van der Waals surface area contributed by atoms with E-state index >= 15 is 0 Å². The summed E-state index contributed by atoms with van der Waals surface area (Å²) in [5, 5.41) is 2.67. The van der Waals surface area contributed by atoms with Crippen molar-refractivity contribution in [3.05, 3.63) is 339 Å². The molecule has 0 aliphatic heterocycles. The molecular formula is C83H86N2. The summed E-state index contributed by atoms with van der Waals surface area (Å²) in [6, 6.07) is 89.4. The Bertz CT molecular complexity index is 3640. The molecule has 0 N–H and O–H groups in total. The molecule has 10 aromatic rings. The van der Waals surface area contributed by atoms with Crippen molar-refractivity contribution in [1.29, 1.82) is 0 Å². The number of hydrogen-bond acceptors (Lipinski definition) is 2. The van der Waals surface area contributed by atoms with E-state index in [1.54, 1.807) is 6.08 Å². The van der Waals surface area contributed by atoms with Crippen LogP contribution in [0.15, 0.2) is 323 Å². The van der Waals surface area contributed by atoms with Gasteiger partial charge >= 0.3 is 0 Å². The fourth-order valence-corrected chi connectivity index (χ4v) is 9.77. The number of hydrogen-bond donors (Lipinski definition) is 0. The summed E-state index contributed by atoms with van der Waals surface area (Å²) in [6.45, 7) is 28.0. The summed E-state index contributed by atoms with van der Waals surface area (Å²) in [4.78, 5) is 4.65. The highest BCUT2D eigenvalue weighted by molar-refractivity contribution is 5.86. The number of rotatable bonds is 16. The largest absolute Gasteiger partial charge is 0.311 e. The van der Waals surface area contributed by atoms with Crippen LogP contribution < -0.4 is 9.80 Å². The Labute approximate surface area is 510 Å². The van der Waals surface area contributed by atoms with Crippen molar-refractivity contribution in [2.75, 3.05) is 9.80 Å². The summed E-state index contributed by atoms with van der Waals surface area (Å²) in [6.07, 6.45) is 20.0. The molecule has 428 valence electrons. The fourth-order valence-electron chi connectivity index (χ4n) is 9.77. The highest BCUT2D eigenvalue weighted by Gasteiger charge is 2.17. The van der Waals surface area contributed by atoms with Crippen LogP contribution in [-0.2, 0) is 0 Å². The van der Waals surface area contributed by atoms with Gasteiger partial charge in [0.2, 0.25) is 0 Å². The minimum atomic E-state index is 0.615. The average Bonchev–Trinajstić information content (AvgIpc) is 3.39. The maximum atomic E-state index is 3.93. The fraction of sp³-hybridized carbons (Fsp3) is 0.133. The topological polar surface area (TPSA) is 6.48 Å². The highest BCUT2D eigenvalue weighted by Crippen LogP contribution is 2.40. The van der Waals surface area contributed by atoms with Gasteiger partial charge in [-0.05, 0) is 178 Å². The molecule has 0 saturated carbocycles. The smallest absolute Gasteiger partial charge is 0.0462 e. The zero-order valence-electron chi connectivity index (χ0n) is 51.8. The number of nitrogens with zero attached hydrogens (tertiary/aromatic N) is 2. The molecule has 10 rings (SSSR count). The first-order valence-electron chi connectivity index (χ1n) is 30.0. The summed E-state index contributed by atoms with van der Waals surface area (Å²) in [5.74, 6) is 0.615. The van der Waals surface area contributed by atoms with Gasteiger partial charge in [0.25, 0.3) is 0 Å². The van der Waals surface area contributed by atoms with E-state index in [0.717, 1.165) is 56.4 Å². The molecule has 0 heterocycles. The molecule has 0 fully saturated rings. The summed E-state index contributed by atoms with van der Waals surface area (Å²) in [7, 11) is 0. The van der Waals surface area contributed by atoms with E-state index < -0.39 is 0 Å². The Hall–Kier alpha value is -9.76. The number of benzene rings is 10. The van der Waals surface area contributed by atoms with E-state index in [2.05, 4.69) is 330 Å². The lowest BCUT2D eigenvalue weighted by Crippen LogP contribution is -2.10. The van der Waals surface area contributed by atoms with E-state index in [1.165, 1.54) is 49.7 Å². The van der Waals surface area contributed by atoms with Crippen molar-refractivity contribution in [3.63, 3.8) is 0 Å². The second-order valence-corrected chi connectivity index (χ2v) is 19.8. The predicted molar refractivity (Wildman–Crippen MR) is 379 cm³/mol. The molecule has 0 spiro atoms. The minimum absolute atomic E-state index is 0.615. The zero-order chi connectivity index (χ0) is 60.8. The Morgan fingerprint density at radius 2 is 0.671 bits per heavy atom. The Morgan fingerprint density at radius 3 is 0.988 bits per heavy atom. The van der Waals surface area contributed by atoms with Crippen LogP contribution >= 0.6 is 0 Å². The van der Waals surface area contributed by atoms with Crippen LogP contribution in [-0.4, -0.2) is 0 Å². The van der Waals surface area contributed by atoms with Gasteiger partial charge in [-0.3, -0.25) is 0 Å².